The number of oxazole rings is 1. The number of thiocarbonyl (C=S) groups is 1. The minimum Gasteiger partial charge on any atom is -0.462 e. The minimum atomic E-state index is -4.56. The zero-order chi connectivity index (χ0) is 29.0. The molecule has 12 heteroatoms. The van der Waals surface area contributed by atoms with Gasteiger partial charge in [-0.1, -0.05) is 31.2 Å². The first-order valence-electron chi connectivity index (χ1n) is 12.2. The number of benzene rings is 2. The van der Waals surface area contributed by atoms with Gasteiger partial charge in [-0.15, -0.1) is 0 Å². The van der Waals surface area contributed by atoms with E-state index in [0.717, 1.165) is 12.1 Å². The normalized spacial score (nSPS) is 13.4. The molecule has 0 radical (unpaired) electrons. The summed E-state index contributed by atoms with van der Waals surface area (Å²) in [6, 6.07) is 10.1. The number of halogens is 3. The van der Waals surface area contributed by atoms with Gasteiger partial charge in [0.1, 0.15) is 12.9 Å². The SMILES string of the molecule is CCC(COC(=O)C(C)(C)C)(NC(=S)Nc1c(N)cccc1Cn1ccoc1=N)c1cccc(C(F)(F)F)c1. The number of carbonyl (C=O) groups is 1. The fourth-order valence-electron chi connectivity index (χ4n) is 3.86. The number of hydrogen-bond acceptors (Lipinski definition) is 6. The average molecular weight is 564 g/mol. The summed E-state index contributed by atoms with van der Waals surface area (Å²) in [5.41, 5.74) is 5.01. The molecule has 0 amide bonds. The first kappa shape index (κ1) is 29.8. The van der Waals surface area contributed by atoms with Gasteiger partial charge >= 0.3 is 12.1 Å². The molecule has 0 saturated heterocycles. The number of esters is 1. The lowest BCUT2D eigenvalue weighted by Gasteiger charge is -2.36. The van der Waals surface area contributed by atoms with Crippen molar-refractivity contribution in [1.29, 1.82) is 5.41 Å². The number of nitrogen functional groups attached to an aromatic ring is 1. The van der Waals surface area contributed by atoms with E-state index in [-0.39, 0.29) is 35.9 Å². The molecular formula is C27H32F3N5O3S. The first-order valence-corrected chi connectivity index (χ1v) is 12.6. The number of alkyl halides is 3. The smallest absolute Gasteiger partial charge is 0.416 e. The lowest BCUT2D eigenvalue weighted by Crippen LogP contribution is -2.51. The van der Waals surface area contributed by atoms with Crippen molar-refractivity contribution in [3.05, 3.63) is 77.3 Å². The van der Waals surface area contributed by atoms with Crippen LogP contribution < -0.4 is 22.1 Å². The minimum absolute atomic E-state index is 0.0562. The van der Waals surface area contributed by atoms with Gasteiger partial charge in [0.2, 0.25) is 0 Å². The number of nitrogens with zero attached hydrogens (tertiary/aromatic N) is 1. The molecule has 3 rings (SSSR count). The fraction of sp³-hybridized carbons (Fsp3) is 0.370. The molecule has 0 aliphatic heterocycles. The quantitative estimate of drug-likeness (QED) is 0.165. The number of carbonyl (C=O) groups excluding carboxylic acids is 1. The Hall–Kier alpha value is -3.80. The molecule has 0 saturated carbocycles. The maximum absolute atomic E-state index is 13.6. The van der Waals surface area contributed by atoms with Crippen LogP contribution in [-0.2, 0) is 27.8 Å². The van der Waals surface area contributed by atoms with Crippen LogP contribution in [0.15, 0.2) is 59.3 Å². The maximum Gasteiger partial charge on any atom is 0.416 e. The number of ether oxygens (including phenoxy) is 1. The standard InChI is InChI=1S/C27H32F3N5O3S/c1-5-26(16-38-22(36)25(2,3)4,18-9-7-10-19(14-18)27(28,29)30)34-24(39)33-21-17(8-6-11-20(21)31)15-35-12-13-37-23(35)32/h6-14,32H,5,15-16,31H2,1-4H3,(H2,33,34,39). The summed E-state index contributed by atoms with van der Waals surface area (Å²) < 4.78 is 52.9. The molecule has 1 heterocycles. The lowest BCUT2D eigenvalue weighted by molar-refractivity contribution is -0.155. The number of para-hydroxylation sites is 1. The summed E-state index contributed by atoms with van der Waals surface area (Å²) in [4.78, 5) is 12.6. The number of nitrogens with two attached hydrogens (primary N) is 1. The Bertz CT molecular complexity index is 1390. The van der Waals surface area contributed by atoms with Crippen molar-refractivity contribution in [2.75, 3.05) is 17.7 Å². The Morgan fingerprint density at radius 2 is 1.82 bits per heavy atom. The molecule has 210 valence electrons. The van der Waals surface area contributed by atoms with Crippen molar-refractivity contribution in [3.8, 4) is 0 Å². The van der Waals surface area contributed by atoms with E-state index >= 15 is 0 Å². The van der Waals surface area contributed by atoms with Crippen molar-refractivity contribution >= 4 is 34.7 Å². The van der Waals surface area contributed by atoms with Gasteiger partial charge in [0.05, 0.1) is 34.4 Å². The van der Waals surface area contributed by atoms with Gasteiger partial charge in [-0.2, -0.15) is 13.2 Å². The summed E-state index contributed by atoms with van der Waals surface area (Å²) in [6.45, 7) is 6.80. The van der Waals surface area contributed by atoms with Crippen LogP contribution in [0, 0.1) is 10.8 Å². The zero-order valence-electron chi connectivity index (χ0n) is 22.1. The number of aromatic nitrogens is 1. The Morgan fingerprint density at radius 3 is 2.41 bits per heavy atom. The van der Waals surface area contributed by atoms with E-state index in [2.05, 4.69) is 10.6 Å². The molecule has 5 N–H and O–H groups in total. The molecule has 8 nitrogen and oxygen atoms in total. The second kappa shape index (κ2) is 11.5. The number of rotatable bonds is 8. The van der Waals surface area contributed by atoms with E-state index in [1.165, 1.54) is 18.4 Å². The van der Waals surface area contributed by atoms with Crippen LogP contribution in [0.4, 0.5) is 24.5 Å². The second-order valence-corrected chi connectivity index (χ2v) is 10.5. The van der Waals surface area contributed by atoms with E-state index in [4.69, 9.17) is 32.5 Å². The third-order valence-electron chi connectivity index (χ3n) is 6.20. The molecule has 1 atom stereocenters. The summed E-state index contributed by atoms with van der Waals surface area (Å²) >= 11 is 5.60. The van der Waals surface area contributed by atoms with Crippen molar-refractivity contribution in [2.24, 2.45) is 5.41 Å². The molecular weight excluding hydrogens is 531 g/mol. The van der Waals surface area contributed by atoms with Crippen LogP contribution in [0.3, 0.4) is 0 Å². The van der Waals surface area contributed by atoms with E-state index in [1.807, 2.05) is 0 Å². The Balaban J connectivity index is 1.97. The van der Waals surface area contributed by atoms with Crippen LogP contribution in [0.2, 0.25) is 0 Å². The molecule has 1 aromatic heterocycles. The number of anilines is 2. The highest BCUT2D eigenvalue weighted by molar-refractivity contribution is 7.80. The summed E-state index contributed by atoms with van der Waals surface area (Å²) in [6.07, 6.45) is -1.34. The highest BCUT2D eigenvalue weighted by Crippen LogP contribution is 2.34. The molecule has 0 aliphatic rings. The van der Waals surface area contributed by atoms with Gasteiger partial charge < -0.3 is 25.5 Å². The van der Waals surface area contributed by atoms with Gasteiger partial charge in [-0.25, -0.2) is 0 Å². The number of hydrogen-bond donors (Lipinski definition) is 4. The van der Waals surface area contributed by atoms with Crippen molar-refractivity contribution < 1.29 is 27.1 Å². The molecule has 0 aliphatic carbocycles. The molecule has 0 fully saturated rings. The van der Waals surface area contributed by atoms with Gasteiger partial charge in [0.25, 0.3) is 5.68 Å². The topological polar surface area (TPSA) is 118 Å². The molecule has 3 aromatic rings. The van der Waals surface area contributed by atoms with E-state index in [9.17, 15) is 18.0 Å². The fourth-order valence-corrected chi connectivity index (χ4v) is 4.16. The van der Waals surface area contributed by atoms with Gasteiger partial charge in [-0.3, -0.25) is 14.8 Å². The molecule has 0 spiro atoms. The van der Waals surface area contributed by atoms with E-state index in [0.29, 0.717) is 16.9 Å². The van der Waals surface area contributed by atoms with Gasteiger partial charge in [0, 0.05) is 6.20 Å². The Labute approximate surface area is 229 Å². The first-order chi connectivity index (χ1) is 18.2. The van der Waals surface area contributed by atoms with Gasteiger partial charge in [-0.05, 0) is 68.7 Å². The molecule has 0 bridgehead atoms. The Morgan fingerprint density at radius 1 is 1.15 bits per heavy atom. The summed E-state index contributed by atoms with van der Waals surface area (Å²) in [7, 11) is 0. The predicted octanol–water partition coefficient (Wildman–Crippen LogP) is 5.39. The molecule has 1 unspecified atom stereocenters. The zero-order valence-corrected chi connectivity index (χ0v) is 22.9. The third kappa shape index (κ3) is 7.20. The van der Waals surface area contributed by atoms with Crippen LogP contribution in [0.5, 0.6) is 0 Å². The maximum atomic E-state index is 13.6. The van der Waals surface area contributed by atoms with Crippen LogP contribution in [0.25, 0.3) is 0 Å². The van der Waals surface area contributed by atoms with Crippen LogP contribution in [0.1, 0.15) is 50.8 Å². The predicted molar refractivity (Wildman–Crippen MR) is 146 cm³/mol. The molecule has 2 aromatic carbocycles. The van der Waals surface area contributed by atoms with Gasteiger partial charge in [0.15, 0.2) is 5.11 Å². The third-order valence-corrected chi connectivity index (χ3v) is 6.41. The van der Waals surface area contributed by atoms with Crippen LogP contribution >= 0.6 is 12.2 Å². The lowest BCUT2D eigenvalue weighted by atomic mass is 9.86. The summed E-state index contributed by atoms with van der Waals surface area (Å²) in [5, 5.41) is 14.1. The Kier molecular flexibility index (Phi) is 8.79. The van der Waals surface area contributed by atoms with Crippen LogP contribution in [-0.4, -0.2) is 22.3 Å². The van der Waals surface area contributed by atoms with E-state index in [1.54, 1.807) is 56.7 Å². The largest absolute Gasteiger partial charge is 0.462 e. The van der Waals surface area contributed by atoms with Crippen molar-refractivity contribution in [3.63, 3.8) is 0 Å². The molecule has 39 heavy (non-hydrogen) atoms. The highest BCUT2D eigenvalue weighted by atomic mass is 32.1. The van der Waals surface area contributed by atoms with Crippen molar-refractivity contribution in [1.82, 2.24) is 9.88 Å². The highest BCUT2D eigenvalue weighted by Gasteiger charge is 2.38. The summed E-state index contributed by atoms with van der Waals surface area (Å²) in [5.74, 6) is -0.508. The number of nitrogens with one attached hydrogen (secondary N) is 3. The second-order valence-electron chi connectivity index (χ2n) is 10.1. The average Bonchev–Trinajstić information content (AvgIpc) is 3.26. The van der Waals surface area contributed by atoms with E-state index < -0.39 is 28.7 Å². The van der Waals surface area contributed by atoms with Crippen molar-refractivity contribution in [2.45, 2.75) is 52.4 Å². The monoisotopic (exact) mass is 563 g/mol.